The normalized spacial score (nSPS) is 10.1. The van der Waals surface area contributed by atoms with E-state index in [1.807, 2.05) is 36.4 Å². The number of nitrogens with zero attached hydrogens (tertiary/aromatic N) is 1. The van der Waals surface area contributed by atoms with E-state index in [4.69, 9.17) is 20.5 Å². The van der Waals surface area contributed by atoms with Crippen molar-refractivity contribution in [2.75, 3.05) is 12.3 Å². The summed E-state index contributed by atoms with van der Waals surface area (Å²) in [7, 11) is 0. The summed E-state index contributed by atoms with van der Waals surface area (Å²) in [5.74, 6) is 0.670. The lowest BCUT2D eigenvalue weighted by Gasteiger charge is -2.00. The molecule has 0 saturated carbocycles. The topological polar surface area (TPSA) is 83.2 Å². The van der Waals surface area contributed by atoms with Gasteiger partial charge in [0.25, 0.3) is 0 Å². The standard InChI is InChI=1S/C13H12N2O2/c14-8-11-10(6-7-16)12(17-13(11)15)9-4-2-1-3-5-9/h1-5,16H,6-7,15H2. The highest BCUT2D eigenvalue weighted by molar-refractivity contribution is 5.69. The maximum atomic E-state index is 9.03. The van der Waals surface area contributed by atoms with Crippen molar-refractivity contribution in [2.45, 2.75) is 6.42 Å². The molecule has 0 amide bonds. The molecule has 4 nitrogen and oxygen atoms in total. The third-order valence-electron chi connectivity index (χ3n) is 2.54. The first-order valence-electron chi connectivity index (χ1n) is 5.25. The Labute approximate surface area is 98.9 Å². The van der Waals surface area contributed by atoms with Crippen LogP contribution >= 0.6 is 0 Å². The summed E-state index contributed by atoms with van der Waals surface area (Å²) in [6.07, 6.45) is 0.355. The van der Waals surface area contributed by atoms with Crippen LogP contribution in [0, 0.1) is 11.3 Å². The number of nitriles is 1. The Bertz CT molecular complexity index is 553. The van der Waals surface area contributed by atoms with Crippen LogP contribution in [-0.2, 0) is 6.42 Å². The molecule has 0 fully saturated rings. The number of hydrogen-bond acceptors (Lipinski definition) is 4. The molecule has 1 heterocycles. The van der Waals surface area contributed by atoms with Gasteiger partial charge in [-0.05, 0) is 0 Å². The van der Waals surface area contributed by atoms with Gasteiger partial charge in [0.05, 0.1) is 0 Å². The number of nitrogens with two attached hydrogens (primary N) is 1. The van der Waals surface area contributed by atoms with Crippen molar-refractivity contribution >= 4 is 5.88 Å². The van der Waals surface area contributed by atoms with Crippen molar-refractivity contribution in [3.05, 3.63) is 41.5 Å². The molecular formula is C13H12N2O2. The fourth-order valence-corrected chi connectivity index (χ4v) is 1.78. The van der Waals surface area contributed by atoms with Crippen LogP contribution in [0.5, 0.6) is 0 Å². The molecule has 86 valence electrons. The number of nitrogen functional groups attached to an aromatic ring is 1. The Balaban J connectivity index is 2.59. The number of hydrogen-bond donors (Lipinski definition) is 2. The SMILES string of the molecule is N#Cc1c(N)oc(-c2ccccc2)c1CCO. The van der Waals surface area contributed by atoms with Crippen molar-refractivity contribution in [3.8, 4) is 17.4 Å². The summed E-state index contributed by atoms with van der Waals surface area (Å²) < 4.78 is 5.42. The summed E-state index contributed by atoms with van der Waals surface area (Å²) >= 11 is 0. The van der Waals surface area contributed by atoms with Gasteiger partial charge in [-0.1, -0.05) is 30.3 Å². The zero-order valence-electron chi connectivity index (χ0n) is 9.18. The lowest BCUT2D eigenvalue weighted by atomic mass is 10.0. The molecule has 0 unspecified atom stereocenters. The van der Waals surface area contributed by atoms with Crippen molar-refractivity contribution in [2.24, 2.45) is 0 Å². The molecule has 17 heavy (non-hydrogen) atoms. The molecule has 1 aromatic heterocycles. The Morgan fingerprint density at radius 3 is 2.59 bits per heavy atom. The van der Waals surface area contributed by atoms with Gasteiger partial charge in [0.15, 0.2) is 0 Å². The van der Waals surface area contributed by atoms with Crippen LogP contribution in [0.15, 0.2) is 34.7 Å². The number of benzene rings is 1. The Kier molecular flexibility index (Phi) is 3.12. The smallest absolute Gasteiger partial charge is 0.209 e. The van der Waals surface area contributed by atoms with Gasteiger partial charge >= 0.3 is 0 Å². The summed E-state index contributed by atoms with van der Waals surface area (Å²) in [5, 5.41) is 18.0. The van der Waals surface area contributed by atoms with Crippen molar-refractivity contribution in [1.82, 2.24) is 0 Å². The molecule has 3 N–H and O–H groups in total. The van der Waals surface area contributed by atoms with Crippen LogP contribution in [0.4, 0.5) is 5.88 Å². The minimum absolute atomic E-state index is 0.0481. The number of furan rings is 1. The van der Waals surface area contributed by atoms with Crippen molar-refractivity contribution in [1.29, 1.82) is 5.26 Å². The zero-order valence-corrected chi connectivity index (χ0v) is 9.18. The third-order valence-corrected chi connectivity index (χ3v) is 2.54. The second-order valence-corrected chi connectivity index (χ2v) is 3.60. The molecule has 0 spiro atoms. The molecule has 0 aliphatic heterocycles. The maximum absolute atomic E-state index is 9.03. The molecule has 0 atom stereocenters. The molecule has 0 aliphatic carbocycles. The molecule has 0 saturated heterocycles. The minimum Gasteiger partial charge on any atom is -0.439 e. The molecule has 0 bridgehead atoms. The lowest BCUT2D eigenvalue weighted by molar-refractivity contribution is 0.299. The first-order chi connectivity index (χ1) is 8.27. The molecule has 2 aromatic rings. The van der Waals surface area contributed by atoms with Gasteiger partial charge in [0.2, 0.25) is 5.88 Å². The van der Waals surface area contributed by atoms with Gasteiger partial charge in [0.1, 0.15) is 17.4 Å². The van der Waals surface area contributed by atoms with Crippen LogP contribution in [0.2, 0.25) is 0 Å². The van der Waals surface area contributed by atoms with E-state index in [-0.39, 0.29) is 12.5 Å². The maximum Gasteiger partial charge on any atom is 0.209 e. The first-order valence-corrected chi connectivity index (χ1v) is 5.25. The second-order valence-electron chi connectivity index (χ2n) is 3.60. The van der Waals surface area contributed by atoms with Gasteiger partial charge < -0.3 is 15.3 Å². The van der Waals surface area contributed by atoms with E-state index < -0.39 is 0 Å². The van der Waals surface area contributed by atoms with E-state index in [1.165, 1.54) is 0 Å². The first kappa shape index (κ1) is 11.2. The highest BCUT2D eigenvalue weighted by Crippen LogP contribution is 2.32. The summed E-state index contributed by atoms with van der Waals surface area (Å²) in [6.45, 7) is -0.0481. The van der Waals surface area contributed by atoms with Crippen LogP contribution in [-0.4, -0.2) is 11.7 Å². The van der Waals surface area contributed by atoms with E-state index in [1.54, 1.807) is 0 Å². The largest absolute Gasteiger partial charge is 0.439 e. The number of rotatable bonds is 3. The molecule has 0 radical (unpaired) electrons. The van der Waals surface area contributed by atoms with Crippen LogP contribution in [0.25, 0.3) is 11.3 Å². The van der Waals surface area contributed by atoms with Crippen molar-refractivity contribution < 1.29 is 9.52 Å². The average molecular weight is 228 g/mol. The minimum atomic E-state index is -0.0481. The summed E-state index contributed by atoms with van der Waals surface area (Å²) in [5.41, 5.74) is 7.48. The number of anilines is 1. The molecule has 0 aliphatic rings. The average Bonchev–Trinajstić information content (AvgIpc) is 2.67. The van der Waals surface area contributed by atoms with Gasteiger partial charge in [0, 0.05) is 24.2 Å². The fourth-order valence-electron chi connectivity index (χ4n) is 1.78. The predicted molar refractivity (Wildman–Crippen MR) is 64.1 cm³/mol. The van der Waals surface area contributed by atoms with Gasteiger partial charge in [-0.25, -0.2) is 0 Å². The van der Waals surface area contributed by atoms with Crippen LogP contribution in [0.3, 0.4) is 0 Å². The Morgan fingerprint density at radius 2 is 2.00 bits per heavy atom. The Hall–Kier alpha value is -2.25. The number of aliphatic hydroxyl groups excluding tert-OH is 1. The van der Waals surface area contributed by atoms with E-state index in [9.17, 15) is 0 Å². The van der Waals surface area contributed by atoms with E-state index in [0.29, 0.717) is 23.3 Å². The fraction of sp³-hybridized carbons (Fsp3) is 0.154. The molecule has 1 aromatic carbocycles. The van der Waals surface area contributed by atoms with E-state index in [2.05, 4.69) is 0 Å². The highest BCUT2D eigenvalue weighted by atomic mass is 16.4. The number of aliphatic hydroxyl groups is 1. The molecule has 4 heteroatoms. The van der Waals surface area contributed by atoms with Gasteiger partial charge in [-0.15, -0.1) is 0 Å². The van der Waals surface area contributed by atoms with E-state index in [0.717, 1.165) is 5.56 Å². The monoisotopic (exact) mass is 228 g/mol. The van der Waals surface area contributed by atoms with Crippen LogP contribution in [0.1, 0.15) is 11.1 Å². The lowest BCUT2D eigenvalue weighted by Crippen LogP contribution is -1.95. The second kappa shape index (κ2) is 4.73. The Morgan fingerprint density at radius 1 is 1.29 bits per heavy atom. The van der Waals surface area contributed by atoms with Crippen molar-refractivity contribution in [3.63, 3.8) is 0 Å². The molecular weight excluding hydrogens is 216 g/mol. The van der Waals surface area contributed by atoms with Crippen LogP contribution < -0.4 is 5.73 Å². The summed E-state index contributed by atoms with van der Waals surface area (Å²) in [6, 6.07) is 11.4. The van der Waals surface area contributed by atoms with Gasteiger partial charge in [-0.3, -0.25) is 0 Å². The zero-order chi connectivity index (χ0) is 12.3. The predicted octanol–water partition coefficient (Wildman–Crippen LogP) is 1.94. The van der Waals surface area contributed by atoms with Gasteiger partial charge in [-0.2, -0.15) is 5.26 Å². The highest BCUT2D eigenvalue weighted by Gasteiger charge is 2.18. The summed E-state index contributed by atoms with van der Waals surface area (Å²) in [4.78, 5) is 0. The van der Waals surface area contributed by atoms with E-state index >= 15 is 0 Å². The quantitative estimate of drug-likeness (QED) is 0.840. The molecule has 2 rings (SSSR count). The third kappa shape index (κ3) is 2.01.